The molecule has 0 N–H and O–H groups in total. The molecule has 1 saturated heterocycles. The monoisotopic (exact) mass is 442 g/mol. The summed E-state index contributed by atoms with van der Waals surface area (Å²) >= 11 is 0. The number of amides is 1. The van der Waals surface area contributed by atoms with Gasteiger partial charge in [-0.2, -0.15) is 13.8 Å². The molecule has 3 aromatic rings. The lowest BCUT2D eigenvalue weighted by molar-refractivity contribution is -0.132. The molecule has 0 atom stereocenters. The summed E-state index contributed by atoms with van der Waals surface area (Å²) in [6.45, 7) is 1.97. The van der Waals surface area contributed by atoms with Gasteiger partial charge < -0.3 is 14.2 Å². The molecule has 9 heteroatoms. The molecule has 168 valence electrons. The standard InChI is InChI=1S/C23H24F2N4O3/c1-16-6-2-4-8-18(16)22-26-20(32-27-22)15-28-10-12-29(13-11-28)21(30)14-17-7-3-5-9-19(17)31-23(24)25/h2-9,23H,10-15H2,1H3. The van der Waals surface area contributed by atoms with Crippen molar-refractivity contribution in [1.82, 2.24) is 19.9 Å². The number of carbonyl (C=O) groups is 1. The van der Waals surface area contributed by atoms with Gasteiger partial charge in [0.15, 0.2) is 0 Å². The number of hydrogen-bond donors (Lipinski definition) is 0. The molecule has 0 unspecified atom stereocenters. The summed E-state index contributed by atoms with van der Waals surface area (Å²) in [5, 5.41) is 4.09. The van der Waals surface area contributed by atoms with Crippen LogP contribution in [0.2, 0.25) is 0 Å². The Labute approximate surface area is 184 Å². The summed E-state index contributed by atoms with van der Waals surface area (Å²) in [5.74, 6) is 1.02. The number of para-hydroxylation sites is 1. The van der Waals surface area contributed by atoms with Crippen LogP contribution >= 0.6 is 0 Å². The highest BCUT2D eigenvalue weighted by molar-refractivity contribution is 5.79. The first kappa shape index (κ1) is 21.9. The Morgan fingerprint density at radius 3 is 2.56 bits per heavy atom. The Hall–Kier alpha value is -3.33. The molecular weight excluding hydrogens is 418 g/mol. The van der Waals surface area contributed by atoms with Gasteiger partial charge >= 0.3 is 6.61 Å². The summed E-state index contributed by atoms with van der Waals surface area (Å²) < 4.78 is 35.1. The number of nitrogens with zero attached hydrogens (tertiary/aromatic N) is 4. The molecule has 0 saturated carbocycles. The van der Waals surface area contributed by atoms with Crippen LogP contribution in [0.1, 0.15) is 17.0 Å². The Balaban J connectivity index is 1.30. The minimum atomic E-state index is -2.93. The second kappa shape index (κ2) is 9.86. The van der Waals surface area contributed by atoms with Crippen LogP contribution in [-0.4, -0.2) is 58.6 Å². The van der Waals surface area contributed by atoms with Crippen molar-refractivity contribution in [3.8, 4) is 17.1 Å². The van der Waals surface area contributed by atoms with Crippen molar-refractivity contribution in [3.05, 3.63) is 65.5 Å². The highest BCUT2D eigenvalue weighted by Crippen LogP contribution is 2.22. The molecular formula is C23H24F2N4O3. The van der Waals surface area contributed by atoms with E-state index >= 15 is 0 Å². The number of aryl methyl sites for hydroxylation is 1. The minimum absolute atomic E-state index is 0.0202. The Morgan fingerprint density at radius 1 is 1.09 bits per heavy atom. The molecule has 1 aromatic heterocycles. The van der Waals surface area contributed by atoms with E-state index in [0.29, 0.717) is 50.0 Å². The number of rotatable bonds is 7. The van der Waals surface area contributed by atoms with Crippen LogP contribution in [0.5, 0.6) is 5.75 Å². The number of halogens is 2. The zero-order valence-corrected chi connectivity index (χ0v) is 17.7. The molecule has 7 nitrogen and oxygen atoms in total. The number of benzene rings is 2. The van der Waals surface area contributed by atoms with Gasteiger partial charge in [0, 0.05) is 37.3 Å². The quantitative estimate of drug-likeness (QED) is 0.558. The van der Waals surface area contributed by atoms with Gasteiger partial charge in [0.05, 0.1) is 13.0 Å². The van der Waals surface area contributed by atoms with Crippen molar-refractivity contribution >= 4 is 5.91 Å². The van der Waals surface area contributed by atoms with E-state index < -0.39 is 6.61 Å². The zero-order valence-electron chi connectivity index (χ0n) is 17.7. The van der Waals surface area contributed by atoms with E-state index in [0.717, 1.165) is 11.1 Å². The van der Waals surface area contributed by atoms with E-state index in [-0.39, 0.29) is 18.1 Å². The number of ether oxygens (including phenoxy) is 1. The van der Waals surface area contributed by atoms with Crippen LogP contribution in [0.25, 0.3) is 11.4 Å². The molecule has 2 aromatic carbocycles. The first-order chi connectivity index (χ1) is 15.5. The van der Waals surface area contributed by atoms with Crippen molar-refractivity contribution in [2.24, 2.45) is 0 Å². The summed E-state index contributed by atoms with van der Waals surface area (Å²) in [7, 11) is 0. The second-order valence-electron chi connectivity index (χ2n) is 7.65. The van der Waals surface area contributed by atoms with Gasteiger partial charge in [0.1, 0.15) is 5.75 Å². The largest absolute Gasteiger partial charge is 0.435 e. The van der Waals surface area contributed by atoms with E-state index in [1.54, 1.807) is 23.1 Å². The molecule has 0 aliphatic carbocycles. The number of hydrogen-bond acceptors (Lipinski definition) is 6. The summed E-state index contributed by atoms with van der Waals surface area (Å²) in [4.78, 5) is 21.1. The summed E-state index contributed by atoms with van der Waals surface area (Å²) in [6, 6.07) is 14.2. The average molecular weight is 442 g/mol. The number of piperazine rings is 1. The van der Waals surface area contributed by atoms with Gasteiger partial charge in [-0.05, 0) is 18.6 Å². The Bertz CT molecular complexity index is 1060. The highest BCUT2D eigenvalue weighted by Gasteiger charge is 2.24. The van der Waals surface area contributed by atoms with Crippen molar-refractivity contribution < 1.29 is 22.8 Å². The van der Waals surface area contributed by atoms with E-state index in [1.807, 2.05) is 31.2 Å². The molecule has 2 heterocycles. The number of aromatic nitrogens is 2. The SMILES string of the molecule is Cc1ccccc1-c1noc(CN2CCN(C(=O)Cc3ccccc3OC(F)F)CC2)n1. The van der Waals surface area contributed by atoms with Gasteiger partial charge in [-0.3, -0.25) is 9.69 Å². The molecule has 4 rings (SSSR count). The first-order valence-corrected chi connectivity index (χ1v) is 10.4. The van der Waals surface area contributed by atoms with Crippen molar-refractivity contribution in [2.75, 3.05) is 26.2 Å². The fourth-order valence-electron chi connectivity index (χ4n) is 3.73. The lowest BCUT2D eigenvalue weighted by atomic mass is 10.1. The molecule has 32 heavy (non-hydrogen) atoms. The Kier molecular flexibility index (Phi) is 6.75. The average Bonchev–Trinajstić information content (AvgIpc) is 3.24. The van der Waals surface area contributed by atoms with Crippen molar-refractivity contribution in [3.63, 3.8) is 0 Å². The molecule has 1 fully saturated rings. The van der Waals surface area contributed by atoms with Crippen LogP contribution in [0.3, 0.4) is 0 Å². The predicted octanol–water partition coefficient (Wildman–Crippen LogP) is 3.53. The number of alkyl halides is 2. The van der Waals surface area contributed by atoms with Gasteiger partial charge in [-0.1, -0.05) is 47.6 Å². The molecule has 1 aliphatic heterocycles. The van der Waals surface area contributed by atoms with E-state index in [2.05, 4.69) is 19.8 Å². The van der Waals surface area contributed by atoms with Gasteiger partial charge in [0.2, 0.25) is 17.6 Å². The lowest BCUT2D eigenvalue weighted by Crippen LogP contribution is -2.48. The molecule has 1 amide bonds. The third kappa shape index (κ3) is 5.28. The summed E-state index contributed by atoms with van der Waals surface area (Å²) in [5.41, 5.74) is 2.47. The molecule has 0 bridgehead atoms. The van der Waals surface area contributed by atoms with Crippen LogP contribution in [0.15, 0.2) is 53.1 Å². The van der Waals surface area contributed by atoms with Crippen LogP contribution in [0, 0.1) is 6.92 Å². The topological polar surface area (TPSA) is 71.7 Å². The molecule has 1 aliphatic rings. The fraction of sp³-hybridized carbons (Fsp3) is 0.348. The highest BCUT2D eigenvalue weighted by atomic mass is 19.3. The third-order valence-electron chi connectivity index (χ3n) is 5.47. The van der Waals surface area contributed by atoms with E-state index in [9.17, 15) is 13.6 Å². The fourth-order valence-corrected chi connectivity index (χ4v) is 3.73. The van der Waals surface area contributed by atoms with Crippen molar-refractivity contribution in [2.45, 2.75) is 26.5 Å². The predicted molar refractivity (Wildman–Crippen MR) is 113 cm³/mol. The van der Waals surface area contributed by atoms with Gasteiger partial charge in [-0.25, -0.2) is 0 Å². The maximum Gasteiger partial charge on any atom is 0.387 e. The maximum absolute atomic E-state index is 12.7. The third-order valence-corrected chi connectivity index (χ3v) is 5.47. The van der Waals surface area contributed by atoms with Gasteiger partial charge in [-0.15, -0.1) is 0 Å². The van der Waals surface area contributed by atoms with Crippen molar-refractivity contribution in [1.29, 1.82) is 0 Å². The van der Waals surface area contributed by atoms with Crippen LogP contribution < -0.4 is 4.74 Å². The first-order valence-electron chi connectivity index (χ1n) is 10.4. The normalized spacial score (nSPS) is 14.7. The number of carbonyl (C=O) groups excluding carboxylic acids is 1. The minimum Gasteiger partial charge on any atom is -0.435 e. The molecule has 0 radical (unpaired) electrons. The van der Waals surface area contributed by atoms with E-state index in [1.165, 1.54) is 6.07 Å². The van der Waals surface area contributed by atoms with Gasteiger partial charge in [0.25, 0.3) is 0 Å². The second-order valence-corrected chi connectivity index (χ2v) is 7.65. The smallest absolute Gasteiger partial charge is 0.387 e. The lowest BCUT2D eigenvalue weighted by Gasteiger charge is -2.34. The Morgan fingerprint density at radius 2 is 1.81 bits per heavy atom. The van der Waals surface area contributed by atoms with E-state index in [4.69, 9.17) is 4.52 Å². The van der Waals surface area contributed by atoms with Crippen LogP contribution in [0.4, 0.5) is 8.78 Å². The summed E-state index contributed by atoms with van der Waals surface area (Å²) in [6.07, 6.45) is 0.0202. The maximum atomic E-state index is 12.7. The molecule has 0 spiro atoms. The van der Waals surface area contributed by atoms with Crippen LogP contribution in [-0.2, 0) is 17.8 Å². The zero-order chi connectivity index (χ0) is 22.5.